The van der Waals surface area contributed by atoms with Crippen molar-refractivity contribution in [2.24, 2.45) is 11.7 Å². The van der Waals surface area contributed by atoms with E-state index in [0.717, 1.165) is 12.2 Å². The van der Waals surface area contributed by atoms with E-state index in [1.54, 1.807) is 6.26 Å². The lowest BCUT2D eigenvalue weighted by Crippen LogP contribution is -2.11. The lowest BCUT2D eigenvalue weighted by molar-refractivity contribution is 0.416. The van der Waals surface area contributed by atoms with Crippen LogP contribution >= 0.6 is 0 Å². The summed E-state index contributed by atoms with van der Waals surface area (Å²) >= 11 is 0. The van der Waals surface area contributed by atoms with Crippen molar-refractivity contribution in [1.29, 1.82) is 0 Å². The molecule has 0 bridgehead atoms. The zero-order chi connectivity index (χ0) is 8.27. The first-order valence-corrected chi connectivity index (χ1v) is 3.99. The summed E-state index contributed by atoms with van der Waals surface area (Å²) in [7, 11) is 0. The molecule has 0 aliphatic heterocycles. The minimum Gasteiger partial charge on any atom is -0.468 e. The van der Waals surface area contributed by atoms with E-state index in [-0.39, 0.29) is 6.04 Å². The van der Waals surface area contributed by atoms with Gasteiger partial charge in [0.05, 0.1) is 12.3 Å². The molecule has 1 aromatic rings. The van der Waals surface area contributed by atoms with Gasteiger partial charge in [0.15, 0.2) is 0 Å². The summed E-state index contributed by atoms with van der Waals surface area (Å²) in [5.74, 6) is 1.51. The van der Waals surface area contributed by atoms with Crippen LogP contribution in [0.2, 0.25) is 0 Å². The van der Waals surface area contributed by atoms with E-state index in [2.05, 4.69) is 13.8 Å². The Kier molecular flexibility index (Phi) is 2.71. The Morgan fingerprint density at radius 3 is 2.73 bits per heavy atom. The molecular formula is C9H15NO. The second kappa shape index (κ2) is 3.58. The second-order valence-corrected chi connectivity index (χ2v) is 3.25. The summed E-state index contributed by atoms with van der Waals surface area (Å²) in [6.07, 6.45) is 2.64. The number of furan rings is 1. The highest BCUT2D eigenvalue weighted by Crippen LogP contribution is 2.18. The summed E-state index contributed by atoms with van der Waals surface area (Å²) < 4.78 is 5.17. The van der Waals surface area contributed by atoms with Crippen LogP contribution in [0.25, 0.3) is 0 Å². The Hall–Kier alpha value is -0.760. The number of hydrogen-bond donors (Lipinski definition) is 1. The van der Waals surface area contributed by atoms with E-state index >= 15 is 0 Å². The molecule has 2 N–H and O–H groups in total. The Bertz CT molecular complexity index is 191. The van der Waals surface area contributed by atoms with Crippen LogP contribution < -0.4 is 5.73 Å². The maximum atomic E-state index is 5.85. The molecule has 1 atom stereocenters. The van der Waals surface area contributed by atoms with Crippen molar-refractivity contribution in [3.8, 4) is 0 Å². The van der Waals surface area contributed by atoms with Crippen LogP contribution in [0.4, 0.5) is 0 Å². The third-order valence-electron chi connectivity index (χ3n) is 1.63. The van der Waals surface area contributed by atoms with Gasteiger partial charge in [0.1, 0.15) is 5.76 Å². The van der Waals surface area contributed by atoms with Crippen LogP contribution in [-0.4, -0.2) is 0 Å². The number of rotatable bonds is 3. The van der Waals surface area contributed by atoms with Gasteiger partial charge in [-0.15, -0.1) is 0 Å². The van der Waals surface area contributed by atoms with E-state index < -0.39 is 0 Å². The maximum Gasteiger partial charge on any atom is 0.120 e. The summed E-state index contributed by atoms with van der Waals surface area (Å²) in [6, 6.07) is 3.85. The van der Waals surface area contributed by atoms with E-state index in [9.17, 15) is 0 Å². The normalized spacial score (nSPS) is 13.8. The molecule has 0 saturated carbocycles. The molecule has 2 nitrogen and oxygen atoms in total. The van der Waals surface area contributed by atoms with E-state index in [1.807, 2.05) is 12.1 Å². The van der Waals surface area contributed by atoms with Crippen LogP contribution in [-0.2, 0) is 0 Å². The summed E-state index contributed by atoms with van der Waals surface area (Å²) in [4.78, 5) is 0. The van der Waals surface area contributed by atoms with Gasteiger partial charge in [-0.05, 0) is 24.5 Å². The highest BCUT2D eigenvalue weighted by molar-refractivity contribution is 5.03. The van der Waals surface area contributed by atoms with Gasteiger partial charge in [-0.3, -0.25) is 0 Å². The molecule has 1 aromatic heterocycles. The van der Waals surface area contributed by atoms with E-state index in [4.69, 9.17) is 10.2 Å². The zero-order valence-electron chi connectivity index (χ0n) is 7.08. The topological polar surface area (TPSA) is 39.2 Å². The maximum absolute atomic E-state index is 5.85. The standard InChI is InChI=1S/C9H15NO/c1-7(2)6-8(10)9-4-3-5-11-9/h3-5,7-8H,6,10H2,1-2H3. The van der Waals surface area contributed by atoms with E-state index in [1.165, 1.54) is 0 Å². The van der Waals surface area contributed by atoms with Gasteiger partial charge in [-0.25, -0.2) is 0 Å². The zero-order valence-corrected chi connectivity index (χ0v) is 7.08. The molecule has 0 aliphatic rings. The molecule has 1 unspecified atom stereocenters. The van der Waals surface area contributed by atoms with Crippen molar-refractivity contribution in [2.45, 2.75) is 26.3 Å². The summed E-state index contributed by atoms with van der Waals surface area (Å²) in [5, 5.41) is 0. The Morgan fingerprint density at radius 1 is 1.55 bits per heavy atom. The molecule has 0 amide bonds. The molecule has 0 spiro atoms. The first kappa shape index (κ1) is 8.34. The number of hydrogen-bond acceptors (Lipinski definition) is 2. The highest BCUT2D eigenvalue weighted by atomic mass is 16.3. The smallest absolute Gasteiger partial charge is 0.120 e. The average molecular weight is 153 g/mol. The van der Waals surface area contributed by atoms with Gasteiger partial charge in [0.25, 0.3) is 0 Å². The van der Waals surface area contributed by atoms with Gasteiger partial charge >= 0.3 is 0 Å². The summed E-state index contributed by atoms with van der Waals surface area (Å²) in [6.45, 7) is 4.31. The molecule has 0 aliphatic carbocycles. The van der Waals surface area contributed by atoms with Gasteiger partial charge < -0.3 is 10.2 Å². The van der Waals surface area contributed by atoms with E-state index in [0.29, 0.717) is 5.92 Å². The van der Waals surface area contributed by atoms with Crippen LogP contribution in [0.5, 0.6) is 0 Å². The van der Waals surface area contributed by atoms with Gasteiger partial charge in [0, 0.05) is 0 Å². The third-order valence-corrected chi connectivity index (χ3v) is 1.63. The SMILES string of the molecule is CC(C)CC(N)c1ccco1. The third kappa shape index (κ3) is 2.39. The quantitative estimate of drug-likeness (QED) is 0.723. The fourth-order valence-corrected chi connectivity index (χ4v) is 1.13. The van der Waals surface area contributed by atoms with Crippen molar-refractivity contribution in [3.63, 3.8) is 0 Å². The lowest BCUT2D eigenvalue weighted by atomic mass is 10.0. The Morgan fingerprint density at radius 2 is 2.27 bits per heavy atom. The second-order valence-electron chi connectivity index (χ2n) is 3.25. The average Bonchev–Trinajstić information content (AvgIpc) is 2.35. The van der Waals surface area contributed by atoms with Crippen LogP contribution in [0.15, 0.2) is 22.8 Å². The molecule has 0 saturated heterocycles. The van der Waals surface area contributed by atoms with Crippen molar-refractivity contribution in [3.05, 3.63) is 24.2 Å². The first-order valence-electron chi connectivity index (χ1n) is 3.99. The predicted octanol–water partition coefficient (Wildman–Crippen LogP) is 2.33. The van der Waals surface area contributed by atoms with Crippen molar-refractivity contribution < 1.29 is 4.42 Å². The molecule has 62 valence electrons. The van der Waals surface area contributed by atoms with Crippen molar-refractivity contribution in [1.82, 2.24) is 0 Å². The molecular weight excluding hydrogens is 138 g/mol. The molecule has 1 rings (SSSR count). The van der Waals surface area contributed by atoms with Crippen LogP contribution in [0.3, 0.4) is 0 Å². The summed E-state index contributed by atoms with van der Waals surface area (Å²) in [5.41, 5.74) is 5.85. The largest absolute Gasteiger partial charge is 0.468 e. The van der Waals surface area contributed by atoms with Crippen molar-refractivity contribution in [2.75, 3.05) is 0 Å². The molecule has 2 heteroatoms. The Balaban J connectivity index is 2.49. The number of nitrogens with two attached hydrogens (primary N) is 1. The minimum absolute atomic E-state index is 0.0602. The van der Waals surface area contributed by atoms with Gasteiger partial charge in [-0.2, -0.15) is 0 Å². The monoisotopic (exact) mass is 153 g/mol. The molecule has 0 fully saturated rings. The molecule has 0 radical (unpaired) electrons. The van der Waals surface area contributed by atoms with Crippen LogP contribution in [0.1, 0.15) is 32.1 Å². The van der Waals surface area contributed by atoms with Crippen LogP contribution in [0, 0.1) is 5.92 Å². The van der Waals surface area contributed by atoms with Gasteiger partial charge in [0.2, 0.25) is 0 Å². The lowest BCUT2D eigenvalue weighted by Gasteiger charge is -2.10. The fraction of sp³-hybridized carbons (Fsp3) is 0.556. The molecule has 11 heavy (non-hydrogen) atoms. The first-order chi connectivity index (χ1) is 5.20. The highest BCUT2D eigenvalue weighted by Gasteiger charge is 2.09. The van der Waals surface area contributed by atoms with Gasteiger partial charge in [-0.1, -0.05) is 13.8 Å². The molecule has 1 heterocycles. The molecule has 0 aromatic carbocycles. The minimum atomic E-state index is 0.0602. The Labute approximate surface area is 67.4 Å². The fourth-order valence-electron chi connectivity index (χ4n) is 1.13. The predicted molar refractivity (Wildman–Crippen MR) is 45.1 cm³/mol. The van der Waals surface area contributed by atoms with Crippen molar-refractivity contribution >= 4 is 0 Å².